The molecule has 0 aliphatic carbocycles. The summed E-state index contributed by atoms with van der Waals surface area (Å²) in [7, 11) is 0. The molecule has 2 heterocycles. The van der Waals surface area contributed by atoms with Gasteiger partial charge in [-0.25, -0.2) is 9.07 Å². The van der Waals surface area contributed by atoms with Crippen molar-refractivity contribution in [1.29, 1.82) is 0 Å². The molecule has 142 valence electrons. The molecule has 0 atom stereocenters. The van der Waals surface area contributed by atoms with Crippen molar-refractivity contribution in [3.8, 4) is 0 Å². The molecule has 26 heavy (non-hydrogen) atoms. The smallest absolute Gasteiger partial charge is 0.273 e. The Bertz CT molecular complexity index is 743. The van der Waals surface area contributed by atoms with Gasteiger partial charge in [0.1, 0.15) is 5.82 Å². The van der Waals surface area contributed by atoms with Gasteiger partial charge in [-0.1, -0.05) is 37.3 Å². The quantitative estimate of drug-likeness (QED) is 0.834. The van der Waals surface area contributed by atoms with Crippen molar-refractivity contribution >= 4 is 18.3 Å². The minimum Gasteiger partial charge on any atom is -0.350 e. The van der Waals surface area contributed by atoms with Crippen molar-refractivity contribution in [3.63, 3.8) is 0 Å². The maximum absolute atomic E-state index is 14.0. The second kappa shape index (κ2) is 8.60. The summed E-state index contributed by atoms with van der Waals surface area (Å²) in [6.07, 6.45) is 3.65. The number of nitrogens with zero attached hydrogens (tertiary/aromatic N) is 3. The first kappa shape index (κ1) is 20.3. The van der Waals surface area contributed by atoms with Gasteiger partial charge in [-0.05, 0) is 37.6 Å². The van der Waals surface area contributed by atoms with E-state index in [1.165, 1.54) is 6.07 Å². The maximum atomic E-state index is 14.0. The first-order chi connectivity index (χ1) is 12.0. The summed E-state index contributed by atoms with van der Waals surface area (Å²) < 4.78 is 15.8. The zero-order chi connectivity index (χ0) is 17.9. The lowest BCUT2D eigenvalue weighted by Crippen LogP contribution is -2.37. The van der Waals surface area contributed by atoms with Gasteiger partial charge in [-0.15, -0.1) is 17.5 Å². The van der Waals surface area contributed by atoms with Gasteiger partial charge in [0.25, 0.3) is 5.91 Å². The topological polar surface area (TPSA) is 71.8 Å². The lowest BCUT2D eigenvalue weighted by atomic mass is 9.84. The number of amides is 1. The van der Waals surface area contributed by atoms with E-state index in [0.717, 1.165) is 25.9 Å². The summed E-state index contributed by atoms with van der Waals surface area (Å²) >= 11 is 0. The minimum absolute atomic E-state index is 0. The summed E-state index contributed by atoms with van der Waals surface area (Å²) in [5.74, 6) is -0.553. The van der Waals surface area contributed by atoms with E-state index in [1.54, 1.807) is 29.1 Å². The third kappa shape index (κ3) is 4.59. The van der Waals surface area contributed by atoms with Gasteiger partial charge < -0.3 is 10.6 Å². The Hall–Kier alpha value is -1.99. The number of hydrogen-bond acceptors (Lipinski definition) is 4. The average Bonchev–Trinajstić information content (AvgIpc) is 3.11. The lowest BCUT2D eigenvalue weighted by molar-refractivity contribution is 0.0940. The molecule has 2 aromatic rings. The molecule has 1 aromatic carbocycles. The molecule has 2 N–H and O–H groups in total. The van der Waals surface area contributed by atoms with E-state index in [-0.39, 0.29) is 30.2 Å². The van der Waals surface area contributed by atoms with Gasteiger partial charge in [0.05, 0.1) is 12.2 Å². The van der Waals surface area contributed by atoms with Gasteiger partial charge in [-0.2, -0.15) is 0 Å². The Labute approximate surface area is 159 Å². The highest BCUT2D eigenvalue weighted by atomic mass is 35.5. The zero-order valence-corrected chi connectivity index (χ0v) is 15.9. The van der Waals surface area contributed by atoms with Gasteiger partial charge in [0, 0.05) is 12.0 Å². The Balaban J connectivity index is 0.00000243. The molecule has 0 spiro atoms. The van der Waals surface area contributed by atoms with Crippen molar-refractivity contribution in [2.75, 3.05) is 19.6 Å². The molecule has 1 aliphatic heterocycles. The molecule has 6 nitrogen and oxygen atoms in total. The molecule has 1 aromatic heterocycles. The van der Waals surface area contributed by atoms with Crippen LogP contribution in [0.2, 0.25) is 0 Å². The number of rotatable bonds is 5. The number of piperidine rings is 1. The largest absolute Gasteiger partial charge is 0.350 e. The second-order valence-electron chi connectivity index (χ2n) is 7.11. The predicted octanol–water partition coefficient (Wildman–Crippen LogP) is 2.47. The van der Waals surface area contributed by atoms with Crippen LogP contribution in [0.1, 0.15) is 48.8 Å². The van der Waals surface area contributed by atoms with Crippen LogP contribution in [0.25, 0.3) is 0 Å². The molecule has 0 bridgehead atoms. The molecule has 8 heteroatoms. The molecule has 1 saturated heterocycles. The van der Waals surface area contributed by atoms with Crippen LogP contribution in [-0.2, 0) is 5.41 Å². The van der Waals surface area contributed by atoms with Crippen LogP contribution in [0.5, 0.6) is 0 Å². The van der Waals surface area contributed by atoms with E-state index in [0.29, 0.717) is 17.8 Å². The second-order valence-corrected chi connectivity index (χ2v) is 7.11. The summed E-state index contributed by atoms with van der Waals surface area (Å²) in [6, 6.07) is 6.92. The van der Waals surface area contributed by atoms with E-state index in [9.17, 15) is 9.18 Å². The summed E-state index contributed by atoms with van der Waals surface area (Å²) in [5, 5.41) is 14.2. The van der Waals surface area contributed by atoms with Crippen molar-refractivity contribution in [1.82, 2.24) is 25.6 Å². The molecule has 0 radical (unpaired) electrons. The van der Waals surface area contributed by atoms with Crippen LogP contribution in [-0.4, -0.2) is 40.5 Å². The van der Waals surface area contributed by atoms with Gasteiger partial charge >= 0.3 is 0 Å². The van der Waals surface area contributed by atoms with Gasteiger partial charge in [0.15, 0.2) is 5.69 Å². The summed E-state index contributed by atoms with van der Waals surface area (Å²) in [6.45, 7) is 6.01. The normalized spacial score (nSPS) is 15.3. The van der Waals surface area contributed by atoms with E-state index < -0.39 is 5.41 Å². The van der Waals surface area contributed by atoms with Gasteiger partial charge in [0.2, 0.25) is 0 Å². The number of benzene rings is 1. The monoisotopic (exact) mass is 381 g/mol. The number of carbonyl (C=O) groups is 1. The molecule has 1 fully saturated rings. The molecule has 0 saturated carbocycles. The van der Waals surface area contributed by atoms with Crippen molar-refractivity contribution in [3.05, 3.63) is 47.5 Å². The maximum Gasteiger partial charge on any atom is 0.273 e. The number of carbonyl (C=O) groups excluding carboxylic acids is 1. The molecule has 3 rings (SSSR count). The summed E-state index contributed by atoms with van der Waals surface area (Å²) in [4.78, 5) is 12.4. The Morgan fingerprint density at radius 3 is 2.73 bits per heavy atom. The fourth-order valence-corrected chi connectivity index (χ4v) is 3.13. The Morgan fingerprint density at radius 2 is 2.04 bits per heavy atom. The molecular weight excluding hydrogens is 357 g/mol. The molecule has 1 aliphatic rings. The van der Waals surface area contributed by atoms with Crippen LogP contribution >= 0.6 is 12.4 Å². The highest BCUT2D eigenvalue weighted by molar-refractivity contribution is 5.91. The molecular formula is C18H25ClFN5O. The third-order valence-corrected chi connectivity index (χ3v) is 4.72. The van der Waals surface area contributed by atoms with Crippen molar-refractivity contribution < 1.29 is 9.18 Å². The third-order valence-electron chi connectivity index (χ3n) is 4.72. The van der Waals surface area contributed by atoms with E-state index in [1.807, 2.05) is 13.8 Å². The molecule has 0 unspecified atom stereocenters. The zero-order valence-electron chi connectivity index (χ0n) is 15.0. The van der Waals surface area contributed by atoms with E-state index in [2.05, 4.69) is 20.9 Å². The predicted molar refractivity (Wildman–Crippen MR) is 100 cm³/mol. The van der Waals surface area contributed by atoms with Crippen LogP contribution in [0, 0.1) is 5.82 Å². The highest BCUT2D eigenvalue weighted by Gasteiger charge is 2.25. The standard InChI is InChI=1S/C18H24FN5O.ClH/c1-18(2,14-5-3-4-6-15(14)19)12-21-17(25)16-11-24(23-22-16)13-7-9-20-10-8-13;/h3-6,11,13,20H,7-10,12H2,1-2H3,(H,21,25);1H. The highest BCUT2D eigenvalue weighted by Crippen LogP contribution is 2.25. The number of hydrogen-bond donors (Lipinski definition) is 2. The Morgan fingerprint density at radius 1 is 1.35 bits per heavy atom. The first-order valence-electron chi connectivity index (χ1n) is 8.63. The van der Waals surface area contributed by atoms with Crippen LogP contribution < -0.4 is 10.6 Å². The SMILES string of the molecule is CC(C)(CNC(=O)c1cn(C2CCNCC2)nn1)c1ccccc1F.Cl. The van der Waals surface area contributed by atoms with Crippen molar-refractivity contribution in [2.45, 2.75) is 38.1 Å². The first-order valence-corrected chi connectivity index (χ1v) is 8.63. The fourth-order valence-electron chi connectivity index (χ4n) is 3.13. The van der Waals surface area contributed by atoms with Gasteiger partial charge in [-0.3, -0.25) is 4.79 Å². The van der Waals surface area contributed by atoms with Crippen molar-refractivity contribution in [2.24, 2.45) is 0 Å². The lowest BCUT2D eigenvalue weighted by Gasteiger charge is -2.25. The van der Waals surface area contributed by atoms with Crippen LogP contribution in [0.3, 0.4) is 0 Å². The van der Waals surface area contributed by atoms with Crippen LogP contribution in [0.4, 0.5) is 4.39 Å². The minimum atomic E-state index is -0.522. The Kier molecular flexibility index (Phi) is 6.72. The fraction of sp³-hybridized carbons (Fsp3) is 0.500. The van der Waals surface area contributed by atoms with E-state index >= 15 is 0 Å². The molecule has 1 amide bonds. The summed E-state index contributed by atoms with van der Waals surface area (Å²) in [5.41, 5.74) is 0.350. The number of halogens is 2. The number of nitrogens with one attached hydrogen (secondary N) is 2. The number of aromatic nitrogens is 3. The van der Waals surface area contributed by atoms with Crippen LogP contribution in [0.15, 0.2) is 30.5 Å². The van der Waals surface area contributed by atoms with E-state index in [4.69, 9.17) is 0 Å². The average molecular weight is 382 g/mol.